The van der Waals surface area contributed by atoms with E-state index >= 15 is 0 Å². The minimum absolute atomic E-state index is 0.0854. The molecule has 3 N–H and O–H groups in total. The third-order valence-corrected chi connectivity index (χ3v) is 3.57. The van der Waals surface area contributed by atoms with Gasteiger partial charge in [0.1, 0.15) is 12.4 Å². The molecule has 0 aliphatic heterocycles. The summed E-state index contributed by atoms with van der Waals surface area (Å²) in [6.07, 6.45) is 2.32. The van der Waals surface area contributed by atoms with Gasteiger partial charge < -0.3 is 15.6 Å². The van der Waals surface area contributed by atoms with Crippen molar-refractivity contribution in [1.82, 2.24) is 0 Å². The van der Waals surface area contributed by atoms with E-state index in [1.54, 1.807) is 0 Å². The van der Waals surface area contributed by atoms with Gasteiger partial charge in [0, 0.05) is 6.04 Å². The van der Waals surface area contributed by atoms with Gasteiger partial charge in [-0.3, -0.25) is 0 Å². The van der Waals surface area contributed by atoms with Crippen LogP contribution in [0.2, 0.25) is 0 Å². The maximum atomic E-state index is 10.1. The van der Waals surface area contributed by atoms with Gasteiger partial charge in [-0.25, -0.2) is 0 Å². The lowest BCUT2D eigenvalue weighted by Gasteiger charge is -2.25. The maximum absolute atomic E-state index is 10.1. The minimum Gasteiger partial charge on any atom is -0.491 e. The molecule has 1 unspecified atom stereocenters. The van der Waals surface area contributed by atoms with Gasteiger partial charge in [-0.1, -0.05) is 32.9 Å². The summed E-state index contributed by atoms with van der Waals surface area (Å²) < 4.78 is 5.63. The number of ether oxygens (including phenoxy) is 1. The van der Waals surface area contributed by atoms with E-state index in [1.165, 1.54) is 0 Å². The summed E-state index contributed by atoms with van der Waals surface area (Å²) >= 11 is 0. The number of hydrogen-bond acceptors (Lipinski definition) is 3. The Balaban J connectivity index is 2.59. The van der Waals surface area contributed by atoms with Crippen molar-refractivity contribution in [3.05, 3.63) is 29.8 Å². The molecule has 102 valence electrons. The first-order chi connectivity index (χ1) is 8.54. The van der Waals surface area contributed by atoms with Crippen molar-refractivity contribution in [2.45, 2.75) is 51.7 Å². The van der Waals surface area contributed by atoms with E-state index in [4.69, 9.17) is 10.5 Å². The van der Waals surface area contributed by atoms with Crippen LogP contribution in [-0.4, -0.2) is 17.3 Å². The molecule has 0 heterocycles. The Hall–Kier alpha value is -1.06. The molecule has 0 aliphatic carbocycles. The second-order valence-electron chi connectivity index (χ2n) is 4.80. The Morgan fingerprint density at radius 2 is 1.72 bits per heavy atom. The lowest BCUT2D eigenvalue weighted by molar-refractivity contribution is -0.0113. The summed E-state index contributed by atoms with van der Waals surface area (Å²) in [5, 5.41) is 10.1. The molecule has 0 bridgehead atoms. The van der Waals surface area contributed by atoms with Crippen LogP contribution < -0.4 is 10.5 Å². The van der Waals surface area contributed by atoms with E-state index < -0.39 is 5.60 Å². The van der Waals surface area contributed by atoms with E-state index in [9.17, 15) is 5.11 Å². The standard InChI is InChI=1S/C15H25NO2/c1-4-14(16)12-7-9-13(10-8-12)18-11-15(17,5-2)6-3/h7-10,14,17H,4-6,11,16H2,1-3H3. The molecular formula is C15H25NO2. The molecule has 0 fully saturated rings. The molecule has 0 saturated heterocycles. The zero-order valence-electron chi connectivity index (χ0n) is 11.6. The molecule has 0 aliphatic rings. The Labute approximate surface area is 110 Å². The summed E-state index contributed by atoms with van der Waals surface area (Å²) in [4.78, 5) is 0. The van der Waals surface area contributed by atoms with Crippen LogP contribution in [0.25, 0.3) is 0 Å². The maximum Gasteiger partial charge on any atom is 0.119 e. The summed E-state index contributed by atoms with van der Waals surface area (Å²) in [6, 6.07) is 7.89. The first kappa shape index (κ1) is 15.0. The molecule has 18 heavy (non-hydrogen) atoms. The number of aliphatic hydroxyl groups is 1. The van der Waals surface area contributed by atoms with Gasteiger partial charge in [-0.2, -0.15) is 0 Å². The van der Waals surface area contributed by atoms with E-state index in [2.05, 4.69) is 6.92 Å². The average Bonchev–Trinajstić information content (AvgIpc) is 2.44. The number of nitrogens with two attached hydrogens (primary N) is 1. The van der Waals surface area contributed by atoms with Gasteiger partial charge in [0.2, 0.25) is 0 Å². The molecule has 3 heteroatoms. The van der Waals surface area contributed by atoms with Crippen molar-refractivity contribution in [3.63, 3.8) is 0 Å². The molecule has 1 rings (SSSR count). The molecule has 3 nitrogen and oxygen atoms in total. The van der Waals surface area contributed by atoms with Crippen LogP contribution in [0, 0.1) is 0 Å². The first-order valence-electron chi connectivity index (χ1n) is 6.75. The van der Waals surface area contributed by atoms with E-state index in [0.717, 1.165) is 17.7 Å². The SMILES string of the molecule is CCC(N)c1ccc(OCC(O)(CC)CC)cc1. The first-order valence-corrected chi connectivity index (χ1v) is 6.75. The zero-order valence-corrected chi connectivity index (χ0v) is 11.6. The van der Waals surface area contributed by atoms with Crippen molar-refractivity contribution in [3.8, 4) is 5.75 Å². The molecule has 1 atom stereocenters. The summed E-state index contributed by atoms with van der Waals surface area (Å²) in [5.41, 5.74) is 6.34. The van der Waals surface area contributed by atoms with Gasteiger partial charge in [0.25, 0.3) is 0 Å². The van der Waals surface area contributed by atoms with Gasteiger partial charge in [0.05, 0.1) is 5.60 Å². The fourth-order valence-corrected chi connectivity index (χ4v) is 1.72. The van der Waals surface area contributed by atoms with Crippen LogP contribution in [0.1, 0.15) is 51.6 Å². The lowest BCUT2D eigenvalue weighted by Crippen LogP contribution is -2.34. The van der Waals surface area contributed by atoms with Crippen LogP contribution in [0.3, 0.4) is 0 Å². The van der Waals surface area contributed by atoms with Crippen LogP contribution in [0.15, 0.2) is 24.3 Å². The summed E-state index contributed by atoms with van der Waals surface area (Å²) in [7, 11) is 0. The Morgan fingerprint density at radius 3 is 2.17 bits per heavy atom. The smallest absolute Gasteiger partial charge is 0.119 e. The molecule has 1 aromatic carbocycles. The third-order valence-electron chi connectivity index (χ3n) is 3.57. The van der Waals surface area contributed by atoms with E-state index in [1.807, 2.05) is 38.1 Å². The zero-order chi connectivity index (χ0) is 13.6. The number of rotatable bonds is 7. The third kappa shape index (κ3) is 4.00. The highest BCUT2D eigenvalue weighted by atomic mass is 16.5. The number of benzene rings is 1. The second-order valence-corrected chi connectivity index (χ2v) is 4.80. The molecule has 1 aromatic rings. The van der Waals surface area contributed by atoms with Gasteiger partial charge >= 0.3 is 0 Å². The normalized spacial score (nSPS) is 13.4. The molecule has 0 amide bonds. The van der Waals surface area contributed by atoms with E-state index in [0.29, 0.717) is 19.4 Å². The predicted molar refractivity (Wildman–Crippen MR) is 74.7 cm³/mol. The topological polar surface area (TPSA) is 55.5 Å². The predicted octanol–water partition coefficient (Wildman–Crippen LogP) is 3.03. The minimum atomic E-state index is -0.724. The summed E-state index contributed by atoms with van der Waals surface area (Å²) in [6.45, 7) is 6.34. The van der Waals surface area contributed by atoms with Crippen molar-refractivity contribution in [2.24, 2.45) is 5.73 Å². The highest BCUT2D eigenvalue weighted by molar-refractivity contribution is 5.29. The molecule has 0 aromatic heterocycles. The molecule has 0 saturated carbocycles. The van der Waals surface area contributed by atoms with Crippen molar-refractivity contribution in [2.75, 3.05) is 6.61 Å². The van der Waals surface area contributed by atoms with Gasteiger partial charge in [0.15, 0.2) is 0 Å². The molecule has 0 spiro atoms. The van der Waals surface area contributed by atoms with Gasteiger partial charge in [-0.05, 0) is 37.0 Å². The van der Waals surface area contributed by atoms with E-state index in [-0.39, 0.29) is 6.04 Å². The van der Waals surface area contributed by atoms with Crippen molar-refractivity contribution in [1.29, 1.82) is 0 Å². The highest BCUT2D eigenvalue weighted by Crippen LogP contribution is 2.21. The monoisotopic (exact) mass is 251 g/mol. The van der Waals surface area contributed by atoms with Crippen molar-refractivity contribution < 1.29 is 9.84 Å². The molecular weight excluding hydrogens is 226 g/mol. The molecule has 0 radical (unpaired) electrons. The fraction of sp³-hybridized carbons (Fsp3) is 0.600. The Bertz CT molecular complexity index is 344. The largest absolute Gasteiger partial charge is 0.491 e. The average molecular weight is 251 g/mol. The fourth-order valence-electron chi connectivity index (χ4n) is 1.72. The van der Waals surface area contributed by atoms with Crippen LogP contribution in [0.5, 0.6) is 5.75 Å². The van der Waals surface area contributed by atoms with Crippen LogP contribution in [-0.2, 0) is 0 Å². The number of hydrogen-bond donors (Lipinski definition) is 2. The van der Waals surface area contributed by atoms with Crippen LogP contribution in [0.4, 0.5) is 0 Å². The highest BCUT2D eigenvalue weighted by Gasteiger charge is 2.22. The van der Waals surface area contributed by atoms with Gasteiger partial charge in [-0.15, -0.1) is 0 Å². The quantitative estimate of drug-likeness (QED) is 0.783. The Morgan fingerprint density at radius 1 is 1.17 bits per heavy atom. The summed E-state index contributed by atoms with van der Waals surface area (Å²) in [5.74, 6) is 0.780. The lowest BCUT2D eigenvalue weighted by atomic mass is 9.99. The van der Waals surface area contributed by atoms with Crippen molar-refractivity contribution >= 4 is 0 Å². The van der Waals surface area contributed by atoms with Crippen LogP contribution >= 0.6 is 0 Å². The Kier molecular flexibility index (Phi) is 5.63. The second kappa shape index (κ2) is 6.76.